The van der Waals surface area contributed by atoms with Gasteiger partial charge in [-0.3, -0.25) is 14.8 Å². The van der Waals surface area contributed by atoms with E-state index < -0.39 is 4.92 Å². The van der Waals surface area contributed by atoms with Crippen molar-refractivity contribution in [3.05, 3.63) is 40.7 Å². The normalized spacial score (nSPS) is 12.3. The first kappa shape index (κ1) is 15.5. The molecule has 1 aromatic carbocycles. The average Bonchev–Trinajstić information content (AvgIpc) is 2.94. The minimum Gasteiger partial charge on any atom is -0.258 e. The number of nitro groups is 1. The summed E-state index contributed by atoms with van der Waals surface area (Å²) in [5.41, 5.74) is 0.706. The van der Waals surface area contributed by atoms with Crippen LogP contribution in [0.15, 0.2) is 30.6 Å². The number of thiol groups is 1. The summed E-state index contributed by atoms with van der Waals surface area (Å²) < 4.78 is 1.78. The van der Waals surface area contributed by atoms with Gasteiger partial charge in [0.15, 0.2) is 5.82 Å². The summed E-state index contributed by atoms with van der Waals surface area (Å²) in [5, 5.41) is 15.2. The van der Waals surface area contributed by atoms with E-state index in [2.05, 4.69) is 29.6 Å². The van der Waals surface area contributed by atoms with Crippen molar-refractivity contribution in [3.63, 3.8) is 0 Å². The molecular weight excluding hydrogens is 288 g/mol. The van der Waals surface area contributed by atoms with Crippen LogP contribution in [0.3, 0.4) is 0 Å². The molecule has 21 heavy (non-hydrogen) atoms. The lowest BCUT2D eigenvalue weighted by molar-refractivity contribution is -0.384. The molecule has 0 aliphatic carbocycles. The van der Waals surface area contributed by atoms with E-state index in [1.807, 2.05) is 0 Å². The molecule has 0 amide bonds. The molecule has 0 radical (unpaired) electrons. The number of hydrogen-bond donors (Lipinski definition) is 1. The molecule has 112 valence electrons. The maximum atomic E-state index is 10.8. The maximum Gasteiger partial charge on any atom is 0.270 e. The lowest BCUT2D eigenvalue weighted by Gasteiger charge is -2.08. The third kappa shape index (κ3) is 4.29. The zero-order valence-electron chi connectivity index (χ0n) is 11.8. The van der Waals surface area contributed by atoms with Crippen molar-refractivity contribution >= 4 is 18.3 Å². The first-order valence-corrected chi connectivity index (χ1v) is 7.48. The molecule has 7 heteroatoms. The number of benzene rings is 1. The third-order valence-corrected chi connectivity index (χ3v) is 3.58. The van der Waals surface area contributed by atoms with E-state index in [1.54, 1.807) is 23.1 Å². The van der Waals surface area contributed by atoms with Crippen LogP contribution >= 0.6 is 12.6 Å². The van der Waals surface area contributed by atoms with E-state index in [4.69, 9.17) is 0 Å². The molecule has 1 aromatic heterocycles. The topological polar surface area (TPSA) is 73.8 Å². The number of rotatable bonds is 7. The van der Waals surface area contributed by atoms with Crippen molar-refractivity contribution in [1.29, 1.82) is 0 Å². The van der Waals surface area contributed by atoms with Crippen LogP contribution in [0.4, 0.5) is 5.69 Å². The van der Waals surface area contributed by atoms with Gasteiger partial charge in [-0.2, -0.15) is 17.7 Å². The van der Waals surface area contributed by atoms with Gasteiger partial charge in [-0.15, -0.1) is 0 Å². The predicted molar refractivity (Wildman–Crippen MR) is 84.4 cm³/mol. The summed E-state index contributed by atoms with van der Waals surface area (Å²) in [4.78, 5) is 14.6. The Balaban J connectivity index is 2.06. The summed E-state index contributed by atoms with van der Waals surface area (Å²) in [7, 11) is 0. The Labute approximate surface area is 128 Å². The lowest BCUT2D eigenvalue weighted by Crippen LogP contribution is -2.05. The highest BCUT2D eigenvalue weighted by Crippen LogP contribution is 2.20. The molecule has 0 bridgehead atoms. The molecule has 0 aliphatic heterocycles. The molecule has 1 heterocycles. The first-order chi connectivity index (χ1) is 10.1. The van der Waals surface area contributed by atoms with Crippen LogP contribution in [0, 0.1) is 16.0 Å². The predicted octanol–water partition coefficient (Wildman–Crippen LogP) is 3.20. The highest BCUT2D eigenvalue weighted by atomic mass is 32.1. The van der Waals surface area contributed by atoms with Crippen LogP contribution in [0.5, 0.6) is 0 Å². The number of aryl methyl sites for hydroxylation is 1. The smallest absolute Gasteiger partial charge is 0.258 e. The fourth-order valence-corrected chi connectivity index (χ4v) is 2.45. The van der Waals surface area contributed by atoms with E-state index in [0.29, 0.717) is 17.3 Å². The molecule has 2 aromatic rings. The van der Waals surface area contributed by atoms with Gasteiger partial charge in [-0.1, -0.05) is 19.1 Å². The first-order valence-electron chi connectivity index (χ1n) is 6.85. The molecule has 6 nitrogen and oxygen atoms in total. The van der Waals surface area contributed by atoms with Gasteiger partial charge in [0, 0.05) is 24.2 Å². The molecule has 1 unspecified atom stereocenters. The van der Waals surface area contributed by atoms with E-state index in [-0.39, 0.29) is 5.69 Å². The van der Waals surface area contributed by atoms with Crippen LogP contribution in [0.2, 0.25) is 0 Å². The average molecular weight is 306 g/mol. The second-order valence-electron chi connectivity index (χ2n) is 5.04. The van der Waals surface area contributed by atoms with Crippen LogP contribution in [0.25, 0.3) is 11.4 Å². The van der Waals surface area contributed by atoms with Crippen LogP contribution in [-0.4, -0.2) is 25.4 Å². The van der Waals surface area contributed by atoms with Crippen molar-refractivity contribution in [2.24, 2.45) is 5.92 Å². The third-order valence-electron chi connectivity index (χ3n) is 3.32. The van der Waals surface area contributed by atoms with Gasteiger partial charge in [0.25, 0.3) is 5.69 Å². The van der Waals surface area contributed by atoms with Gasteiger partial charge in [-0.25, -0.2) is 4.98 Å². The largest absolute Gasteiger partial charge is 0.270 e. The van der Waals surface area contributed by atoms with Crippen molar-refractivity contribution in [2.75, 3.05) is 5.75 Å². The molecular formula is C14H18N4O2S. The highest BCUT2D eigenvalue weighted by molar-refractivity contribution is 7.80. The molecule has 0 aliphatic rings. The SMILES string of the molecule is CC(CCS)CCn1cnc(-c2cccc([N+](=O)[O-])c2)n1. The minimum absolute atomic E-state index is 0.0475. The maximum absolute atomic E-state index is 10.8. The molecule has 0 N–H and O–H groups in total. The number of nitro benzene ring substituents is 1. The van der Waals surface area contributed by atoms with Crippen molar-refractivity contribution in [3.8, 4) is 11.4 Å². The summed E-state index contributed by atoms with van der Waals surface area (Å²) in [6, 6.07) is 6.36. The summed E-state index contributed by atoms with van der Waals surface area (Å²) in [5.74, 6) is 1.99. The van der Waals surface area contributed by atoms with E-state index in [1.165, 1.54) is 12.1 Å². The van der Waals surface area contributed by atoms with E-state index >= 15 is 0 Å². The van der Waals surface area contributed by atoms with Gasteiger partial charge in [0.05, 0.1) is 4.92 Å². The summed E-state index contributed by atoms with van der Waals surface area (Å²) in [6.45, 7) is 2.98. The monoisotopic (exact) mass is 306 g/mol. The molecule has 2 rings (SSSR count). The van der Waals surface area contributed by atoms with E-state index in [0.717, 1.165) is 25.1 Å². The van der Waals surface area contributed by atoms with Gasteiger partial charge in [0.1, 0.15) is 6.33 Å². The molecule has 0 saturated heterocycles. The Morgan fingerprint density at radius 3 is 2.95 bits per heavy atom. The zero-order valence-corrected chi connectivity index (χ0v) is 12.7. The molecule has 1 atom stereocenters. The molecule has 0 saturated carbocycles. The second kappa shape index (κ2) is 7.21. The van der Waals surface area contributed by atoms with Crippen LogP contribution in [0.1, 0.15) is 19.8 Å². The Bertz CT molecular complexity index is 615. The van der Waals surface area contributed by atoms with Gasteiger partial charge < -0.3 is 0 Å². The molecule has 0 fully saturated rings. The minimum atomic E-state index is -0.417. The van der Waals surface area contributed by atoms with Gasteiger partial charge in [-0.05, 0) is 24.5 Å². The second-order valence-corrected chi connectivity index (χ2v) is 5.49. The number of nitrogens with zero attached hydrogens (tertiary/aromatic N) is 4. The highest BCUT2D eigenvalue weighted by Gasteiger charge is 2.10. The van der Waals surface area contributed by atoms with E-state index in [9.17, 15) is 10.1 Å². The van der Waals surface area contributed by atoms with Crippen molar-refractivity contribution < 1.29 is 4.92 Å². The zero-order chi connectivity index (χ0) is 15.2. The van der Waals surface area contributed by atoms with Crippen molar-refractivity contribution in [2.45, 2.75) is 26.3 Å². The fourth-order valence-electron chi connectivity index (χ4n) is 2.01. The van der Waals surface area contributed by atoms with Crippen molar-refractivity contribution in [1.82, 2.24) is 14.8 Å². The Morgan fingerprint density at radius 1 is 1.43 bits per heavy atom. The van der Waals surface area contributed by atoms with Gasteiger partial charge in [0.2, 0.25) is 0 Å². The standard InChI is InChI=1S/C14H18N4O2S/c1-11(6-8-21)5-7-17-10-15-14(16-17)12-3-2-4-13(9-12)18(19)20/h2-4,9-11,21H,5-8H2,1H3. The Kier molecular flexibility index (Phi) is 5.32. The van der Waals surface area contributed by atoms with Crippen LogP contribution in [-0.2, 0) is 6.54 Å². The fraction of sp³-hybridized carbons (Fsp3) is 0.429. The number of hydrogen-bond acceptors (Lipinski definition) is 5. The summed E-state index contributed by atoms with van der Waals surface area (Å²) >= 11 is 4.23. The quantitative estimate of drug-likeness (QED) is 0.484. The lowest BCUT2D eigenvalue weighted by atomic mass is 10.1. The number of non-ortho nitro benzene ring substituents is 1. The van der Waals surface area contributed by atoms with Gasteiger partial charge >= 0.3 is 0 Å². The summed E-state index contributed by atoms with van der Waals surface area (Å²) in [6.07, 6.45) is 3.76. The Hall–Kier alpha value is -1.89. The van der Waals surface area contributed by atoms with Crippen LogP contribution < -0.4 is 0 Å². The Morgan fingerprint density at radius 2 is 2.24 bits per heavy atom. The molecule has 0 spiro atoms. The number of aromatic nitrogens is 3.